The van der Waals surface area contributed by atoms with Crippen LogP contribution < -0.4 is 30.2 Å². The highest BCUT2D eigenvalue weighted by atomic mass is 16.5. The van der Waals surface area contributed by atoms with Crippen molar-refractivity contribution in [1.82, 2.24) is 10.6 Å². The molecule has 2 aromatic carbocycles. The average molecular weight is 411 g/mol. The smallest absolute Gasteiger partial charge is 0.319 e. The van der Waals surface area contributed by atoms with Crippen LogP contribution >= 0.6 is 0 Å². The molecule has 0 aromatic heterocycles. The molecule has 0 aliphatic carbocycles. The van der Waals surface area contributed by atoms with E-state index in [2.05, 4.69) is 16.0 Å². The zero-order chi connectivity index (χ0) is 21.7. The second kappa shape index (κ2) is 9.21. The molecule has 3 N–H and O–H groups in total. The molecular weight excluding hydrogens is 386 g/mol. The van der Waals surface area contributed by atoms with Crippen LogP contribution in [-0.4, -0.2) is 32.8 Å². The van der Waals surface area contributed by atoms with E-state index >= 15 is 0 Å². The van der Waals surface area contributed by atoms with E-state index in [1.165, 1.54) is 7.11 Å². The Morgan fingerprint density at radius 1 is 1.10 bits per heavy atom. The predicted octanol–water partition coefficient (Wildman–Crippen LogP) is 3.37. The molecule has 8 nitrogen and oxygen atoms in total. The van der Waals surface area contributed by atoms with Crippen molar-refractivity contribution in [1.29, 1.82) is 0 Å². The standard InChI is InChI=1S/C22H25N3O5/c1-5-30-17-9-7-6-8-16(17)24-21(26)19-13(2)23-22(27)25-20(19)15-11-10-14(28-3)12-18(15)29-4/h6-12,20H,5H2,1-4H3,(H,24,26)(H2,23,25,27)/t20-/m0/s1. The molecule has 1 atom stereocenters. The number of carbonyl (C=O) groups excluding carboxylic acids is 2. The number of carbonyl (C=O) groups is 2. The zero-order valence-electron chi connectivity index (χ0n) is 17.4. The molecular formula is C22H25N3O5. The third kappa shape index (κ3) is 4.32. The fourth-order valence-electron chi connectivity index (χ4n) is 3.33. The maximum Gasteiger partial charge on any atom is 0.319 e. The quantitative estimate of drug-likeness (QED) is 0.649. The van der Waals surface area contributed by atoms with Crippen molar-refractivity contribution >= 4 is 17.6 Å². The normalized spacial score (nSPS) is 15.7. The summed E-state index contributed by atoms with van der Waals surface area (Å²) >= 11 is 0. The number of rotatable bonds is 7. The van der Waals surface area contributed by atoms with E-state index < -0.39 is 12.1 Å². The fourth-order valence-corrected chi connectivity index (χ4v) is 3.33. The van der Waals surface area contributed by atoms with Crippen LogP contribution in [0, 0.1) is 0 Å². The summed E-state index contributed by atoms with van der Waals surface area (Å²) in [6.45, 7) is 4.03. The number of nitrogens with one attached hydrogen (secondary N) is 3. The SMILES string of the molecule is CCOc1ccccc1NC(=O)C1=C(C)NC(=O)N[C@H]1c1ccc(OC)cc1OC. The molecule has 1 aliphatic heterocycles. The highest BCUT2D eigenvalue weighted by molar-refractivity contribution is 6.07. The zero-order valence-corrected chi connectivity index (χ0v) is 17.4. The maximum absolute atomic E-state index is 13.3. The molecule has 0 spiro atoms. The molecule has 158 valence electrons. The van der Waals surface area contributed by atoms with Crippen molar-refractivity contribution in [3.63, 3.8) is 0 Å². The summed E-state index contributed by atoms with van der Waals surface area (Å²) in [4.78, 5) is 25.4. The van der Waals surface area contributed by atoms with E-state index in [-0.39, 0.29) is 5.91 Å². The summed E-state index contributed by atoms with van der Waals surface area (Å²) in [7, 11) is 3.08. The van der Waals surface area contributed by atoms with Crippen LogP contribution in [-0.2, 0) is 4.79 Å². The van der Waals surface area contributed by atoms with Crippen molar-refractivity contribution in [3.8, 4) is 17.2 Å². The van der Waals surface area contributed by atoms with Crippen LogP contribution in [0.3, 0.4) is 0 Å². The van der Waals surface area contributed by atoms with Gasteiger partial charge in [0, 0.05) is 17.3 Å². The minimum Gasteiger partial charge on any atom is -0.497 e. The van der Waals surface area contributed by atoms with Crippen molar-refractivity contribution in [3.05, 3.63) is 59.3 Å². The molecule has 1 aliphatic rings. The minimum atomic E-state index is -0.709. The van der Waals surface area contributed by atoms with E-state index in [0.717, 1.165) is 0 Å². The van der Waals surface area contributed by atoms with E-state index in [9.17, 15) is 9.59 Å². The van der Waals surface area contributed by atoms with Crippen LogP contribution in [0.1, 0.15) is 25.5 Å². The molecule has 30 heavy (non-hydrogen) atoms. The molecule has 2 aromatic rings. The number of amides is 3. The van der Waals surface area contributed by atoms with Gasteiger partial charge < -0.3 is 30.2 Å². The van der Waals surface area contributed by atoms with Crippen molar-refractivity contribution in [2.45, 2.75) is 19.9 Å². The summed E-state index contributed by atoms with van der Waals surface area (Å²) in [6, 6.07) is 11.3. The van der Waals surface area contributed by atoms with Crippen LogP contribution in [0.25, 0.3) is 0 Å². The summed E-state index contributed by atoms with van der Waals surface area (Å²) in [5, 5.41) is 8.37. The molecule has 8 heteroatoms. The lowest BCUT2D eigenvalue weighted by atomic mass is 9.94. The van der Waals surface area contributed by atoms with Gasteiger partial charge in [0.2, 0.25) is 0 Å². The number of allylic oxidation sites excluding steroid dienone is 1. The maximum atomic E-state index is 13.3. The molecule has 0 fully saturated rings. The lowest BCUT2D eigenvalue weighted by Crippen LogP contribution is -2.46. The van der Waals surface area contributed by atoms with Gasteiger partial charge >= 0.3 is 6.03 Å². The lowest BCUT2D eigenvalue weighted by Gasteiger charge is -2.29. The second-order valence-electron chi connectivity index (χ2n) is 6.56. The summed E-state index contributed by atoms with van der Waals surface area (Å²) in [5.74, 6) is 1.30. The predicted molar refractivity (Wildman–Crippen MR) is 113 cm³/mol. The summed E-state index contributed by atoms with van der Waals surface area (Å²) in [5.41, 5.74) is 2.00. The Kier molecular flexibility index (Phi) is 6.46. The summed E-state index contributed by atoms with van der Waals surface area (Å²) in [6.07, 6.45) is 0. The first-order chi connectivity index (χ1) is 14.5. The number of hydrogen-bond donors (Lipinski definition) is 3. The van der Waals surface area contributed by atoms with Gasteiger partial charge in [-0.3, -0.25) is 4.79 Å². The van der Waals surface area contributed by atoms with E-state index in [0.29, 0.717) is 46.4 Å². The van der Waals surface area contributed by atoms with Gasteiger partial charge in [-0.1, -0.05) is 12.1 Å². The van der Waals surface area contributed by atoms with Gasteiger partial charge in [-0.15, -0.1) is 0 Å². The lowest BCUT2D eigenvalue weighted by molar-refractivity contribution is -0.113. The van der Waals surface area contributed by atoms with Crippen LogP contribution in [0.15, 0.2) is 53.7 Å². The number of methoxy groups -OCH3 is 2. The van der Waals surface area contributed by atoms with Gasteiger partial charge in [-0.25, -0.2) is 4.79 Å². The molecule has 0 saturated carbocycles. The third-order valence-electron chi connectivity index (χ3n) is 4.70. The van der Waals surface area contributed by atoms with E-state index in [1.54, 1.807) is 44.4 Å². The van der Waals surface area contributed by atoms with Gasteiger partial charge in [0.1, 0.15) is 17.2 Å². The van der Waals surface area contributed by atoms with Gasteiger partial charge in [-0.2, -0.15) is 0 Å². The second-order valence-corrected chi connectivity index (χ2v) is 6.56. The Labute approximate surface area is 175 Å². The van der Waals surface area contributed by atoms with Gasteiger partial charge in [0.25, 0.3) is 5.91 Å². The number of hydrogen-bond acceptors (Lipinski definition) is 5. The number of urea groups is 1. The Hall–Kier alpha value is -3.68. The topological polar surface area (TPSA) is 97.9 Å². The number of anilines is 1. The largest absolute Gasteiger partial charge is 0.497 e. The minimum absolute atomic E-state index is 0.365. The Morgan fingerprint density at radius 2 is 1.87 bits per heavy atom. The number of ether oxygens (including phenoxy) is 3. The molecule has 1 heterocycles. The molecule has 3 rings (SSSR count). The van der Waals surface area contributed by atoms with Gasteiger partial charge in [0.05, 0.1) is 38.1 Å². The van der Waals surface area contributed by atoms with Crippen molar-refractivity contribution in [2.24, 2.45) is 0 Å². The van der Waals surface area contributed by atoms with E-state index in [4.69, 9.17) is 14.2 Å². The third-order valence-corrected chi connectivity index (χ3v) is 4.70. The first-order valence-electron chi connectivity index (χ1n) is 9.51. The fraction of sp³-hybridized carbons (Fsp3) is 0.273. The molecule has 0 bridgehead atoms. The monoisotopic (exact) mass is 411 g/mol. The van der Waals surface area contributed by atoms with Gasteiger partial charge in [-0.05, 0) is 38.1 Å². The molecule has 0 radical (unpaired) electrons. The molecule has 3 amide bonds. The van der Waals surface area contributed by atoms with E-state index in [1.807, 2.05) is 19.1 Å². The average Bonchev–Trinajstić information content (AvgIpc) is 2.74. The molecule has 0 saturated heterocycles. The van der Waals surface area contributed by atoms with Gasteiger partial charge in [0.15, 0.2) is 0 Å². The Bertz CT molecular complexity index is 986. The van der Waals surface area contributed by atoms with Crippen LogP contribution in [0.5, 0.6) is 17.2 Å². The first-order valence-corrected chi connectivity index (χ1v) is 9.51. The molecule has 0 unspecified atom stereocenters. The Balaban J connectivity index is 2.00. The van der Waals surface area contributed by atoms with Crippen LogP contribution in [0.2, 0.25) is 0 Å². The first kappa shape index (κ1) is 21.0. The van der Waals surface area contributed by atoms with Crippen molar-refractivity contribution < 1.29 is 23.8 Å². The van der Waals surface area contributed by atoms with Crippen molar-refractivity contribution in [2.75, 3.05) is 26.1 Å². The Morgan fingerprint density at radius 3 is 2.57 bits per heavy atom. The number of para-hydroxylation sites is 2. The number of benzene rings is 2. The summed E-state index contributed by atoms with van der Waals surface area (Å²) < 4.78 is 16.3. The highest BCUT2D eigenvalue weighted by Crippen LogP contribution is 2.36. The van der Waals surface area contributed by atoms with Crippen LogP contribution in [0.4, 0.5) is 10.5 Å². The highest BCUT2D eigenvalue weighted by Gasteiger charge is 2.33.